The van der Waals surface area contributed by atoms with Crippen molar-refractivity contribution >= 4 is 5.95 Å². The molecule has 0 unspecified atom stereocenters. The Hall–Kier alpha value is -2.70. The third kappa shape index (κ3) is 2.66. The van der Waals surface area contributed by atoms with Crippen LogP contribution < -0.4 is 4.90 Å². The summed E-state index contributed by atoms with van der Waals surface area (Å²) >= 11 is 0. The minimum absolute atomic E-state index is 0.414. The molecule has 0 spiro atoms. The van der Waals surface area contributed by atoms with Crippen LogP contribution in [0.4, 0.5) is 5.95 Å². The molecule has 2 aromatic heterocycles. The monoisotopic (exact) mass is 323 g/mol. The van der Waals surface area contributed by atoms with Crippen LogP contribution in [0.5, 0.6) is 0 Å². The Kier molecular flexibility index (Phi) is 3.98. The van der Waals surface area contributed by atoms with Crippen molar-refractivity contribution in [2.45, 2.75) is 32.2 Å². The normalized spacial score (nSPS) is 18.0. The van der Waals surface area contributed by atoms with Gasteiger partial charge >= 0.3 is 0 Å². The van der Waals surface area contributed by atoms with Gasteiger partial charge in [0.15, 0.2) is 0 Å². The maximum absolute atomic E-state index is 4.46. The number of para-hydroxylation sites is 1. The van der Waals surface area contributed by atoms with Crippen molar-refractivity contribution in [3.05, 3.63) is 48.5 Å². The van der Waals surface area contributed by atoms with Gasteiger partial charge in [0.1, 0.15) is 5.82 Å². The first-order valence-corrected chi connectivity index (χ1v) is 8.47. The summed E-state index contributed by atoms with van der Waals surface area (Å²) in [6.45, 7) is 4.02. The number of aryl methyl sites for hydroxylation is 1. The molecule has 0 aliphatic carbocycles. The number of hydrogen-bond donors (Lipinski definition) is 0. The van der Waals surface area contributed by atoms with E-state index in [4.69, 9.17) is 0 Å². The van der Waals surface area contributed by atoms with E-state index in [1.807, 2.05) is 41.2 Å². The Bertz CT molecular complexity index is 792. The molecule has 0 saturated carbocycles. The first-order valence-electron chi connectivity index (χ1n) is 8.47. The van der Waals surface area contributed by atoms with E-state index < -0.39 is 0 Å². The Morgan fingerprint density at radius 2 is 2.08 bits per heavy atom. The van der Waals surface area contributed by atoms with Crippen LogP contribution >= 0.6 is 0 Å². The van der Waals surface area contributed by atoms with Crippen LogP contribution in [0.15, 0.2) is 42.7 Å². The second-order valence-corrected chi connectivity index (χ2v) is 6.07. The Morgan fingerprint density at radius 3 is 2.92 bits per heavy atom. The third-order valence-corrected chi connectivity index (χ3v) is 4.59. The van der Waals surface area contributed by atoms with Gasteiger partial charge in [-0.3, -0.25) is 0 Å². The minimum Gasteiger partial charge on any atom is -0.337 e. The summed E-state index contributed by atoms with van der Waals surface area (Å²) in [6, 6.07) is 10.4. The van der Waals surface area contributed by atoms with Crippen molar-refractivity contribution in [1.82, 2.24) is 29.8 Å². The number of imidazole rings is 1. The third-order valence-electron chi connectivity index (χ3n) is 4.59. The average Bonchev–Trinajstić information content (AvgIpc) is 3.31. The molecule has 7 nitrogen and oxygen atoms in total. The summed E-state index contributed by atoms with van der Waals surface area (Å²) in [5, 5.41) is 12.4. The Morgan fingerprint density at radius 1 is 1.21 bits per heavy atom. The van der Waals surface area contributed by atoms with Crippen molar-refractivity contribution in [2.24, 2.45) is 0 Å². The fraction of sp³-hybridized carbons (Fsp3) is 0.412. The molecule has 7 heteroatoms. The predicted molar refractivity (Wildman–Crippen MR) is 91.2 cm³/mol. The van der Waals surface area contributed by atoms with Gasteiger partial charge in [-0.05, 0) is 35.4 Å². The number of hydrogen-bond acceptors (Lipinski definition) is 5. The van der Waals surface area contributed by atoms with Crippen LogP contribution in [-0.4, -0.2) is 42.8 Å². The van der Waals surface area contributed by atoms with Crippen LogP contribution in [0.1, 0.15) is 31.6 Å². The van der Waals surface area contributed by atoms with Gasteiger partial charge in [0.2, 0.25) is 5.95 Å². The predicted octanol–water partition coefficient (Wildman–Crippen LogP) is 2.26. The van der Waals surface area contributed by atoms with E-state index in [0.717, 1.165) is 49.8 Å². The fourth-order valence-electron chi connectivity index (χ4n) is 3.43. The topological polar surface area (TPSA) is 64.7 Å². The zero-order valence-electron chi connectivity index (χ0n) is 13.8. The van der Waals surface area contributed by atoms with Crippen molar-refractivity contribution in [3.8, 4) is 5.69 Å². The molecule has 1 saturated heterocycles. The number of benzene rings is 1. The number of aromatic nitrogens is 6. The van der Waals surface area contributed by atoms with Crippen molar-refractivity contribution in [1.29, 1.82) is 0 Å². The molecule has 0 amide bonds. The molecule has 1 atom stereocenters. The first kappa shape index (κ1) is 14.9. The van der Waals surface area contributed by atoms with E-state index in [9.17, 15) is 0 Å². The Balaban J connectivity index is 1.61. The highest BCUT2D eigenvalue weighted by Gasteiger charge is 2.26. The highest BCUT2D eigenvalue weighted by molar-refractivity contribution is 5.41. The van der Waals surface area contributed by atoms with E-state index in [1.54, 1.807) is 0 Å². The number of anilines is 1. The van der Waals surface area contributed by atoms with Crippen molar-refractivity contribution in [3.63, 3.8) is 0 Å². The van der Waals surface area contributed by atoms with Crippen molar-refractivity contribution in [2.75, 3.05) is 18.0 Å². The Labute approximate surface area is 140 Å². The summed E-state index contributed by atoms with van der Waals surface area (Å²) < 4.78 is 4.12. The summed E-state index contributed by atoms with van der Waals surface area (Å²) in [5.41, 5.74) is 0.983. The molecular weight excluding hydrogens is 302 g/mol. The summed E-state index contributed by atoms with van der Waals surface area (Å²) in [4.78, 5) is 6.74. The molecule has 24 heavy (non-hydrogen) atoms. The summed E-state index contributed by atoms with van der Waals surface area (Å²) in [7, 11) is 0. The zero-order valence-corrected chi connectivity index (χ0v) is 13.8. The van der Waals surface area contributed by atoms with Gasteiger partial charge in [-0.25, -0.2) is 4.98 Å². The fourth-order valence-corrected chi connectivity index (χ4v) is 3.43. The van der Waals surface area contributed by atoms with Gasteiger partial charge < -0.3 is 9.47 Å². The van der Waals surface area contributed by atoms with Crippen LogP contribution in [0.3, 0.4) is 0 Å². The molecule has 0 N–H and O–H groups in total. The van der Waals surface area contributed by atoms with Gasteiger partial charge in [-0.1, -0.05) is 30.2 Å². The lowest BCUT2D eigenvalue weighted by Gasteiger charge is -2.34. The lowest BCUT2D eigenvalue weighted by Crippen LogP contribution is -2.38. The maximum atomic E-state index is 4.46. The molecule has 3 heterocycles. The lowest BCUT2D eigenvalue weighted by molar-refractivity contribution is 0.391. The van der Waals surface area contributed by atoms with E-state index >= 15 is 0 Å². The number of nitrogens with zero attached hydrogens (tertiary/aromatic N) is 7. The van der Waals surface area contributed by atoms with Gasteiger partial charge in [0.25, 0.3) is 0 Å². The number of piperidine rings is 1. The molecule has 0 radical (unpaired) electrons. The molecule has 1 aliphatic heterocycles. The largest absolute Gasteiger partial charge is 0.337 e. The van der Waals surface area contributed by atoms with Gasteiger partial charge in [0, 0.05) is 31.9 Å². The summed E-state index contributed by atoms with van der Waals surface area (Å²) in [6.07, 6.45) is 7.21. The van der Waals surface area contributed by atoms with Gasteiger partial charge in [0.05, 0.1) is 11.7 Å². The number of tetrazole rings is 1. The second-order valence-electron chi connectivity index (χ2n) is 6.07. The van der Waals surface area contributed by atoms with Crippen molar-refractivity contribution < 1.29 is 0 Å². The number of rotatable bonds is 4. The van der Waals surface area contributed by atoms with E-state index in [1.165, 1.54) is 0 Å². The molecule has 124 valence electrons. The van der Waals surface area contributed by atoms with E-state index in [-0.39, 0.29) is 0 Å². The SMILES string of the molecule is CCc1nccn1[C@@H]1CCCN(c2nnnn2-c2ccccc2)C1. The second kappa shape index (κ2) is 6.43. The molecule has 3 aromatic rings. The standard InChI is InChI=1S/C17H21N7/c1-2-16-18-10-12-23(16)15-9-6-11-22(13-15)17-19-20-21-24(17)14-7-4-3-5-8-14/h3-5,7-8,10,12,15H,2,6,9,11,13H2,1H3/t15-/m1/s1. The van der Waals surface area contributed by atoms with E-state index in [0.29, 0.717) is 6.04 Å². The van der Waals surface area contributed by atoms with Crippen LogP contribution in [0, 0.1) is 0 Å². The maximum Gasteiger partial charge on any atom is 0.250 e. The highest BCUT2D eigenvalue weighted by Crippen LogP contribution is 2.26. The molecule has 1 aromatic carbocycles. The minimum atomic E-state index is 0.414. The smallest absolute Gasteiger partial charge is 0.250 e. The molecular formula is C17H21N7. The molecule has 4 rings (SSSR count). The molecule has 0 bridgehead atoms. The average molecular weight is 323 g/mol. The molecule has 1 aliphatic rings. The van der Waals surface area contributed by atoms with Crippen LogP contribution in [0.25, 0.3) is 5.69 Å². The zero-order chi connectivity index (χ0) is 16.4. The van der Waals surface area contributed by atoms with Crippen LogP contribution in [0.2, 0.25) is 0 Å². The van der Waals surface area contributed by atoms with Gasteiger partial charge in [-0.15, -0.1) is 0 Å². The quantitative estimate of drug-likeness (QED) is 0.737. The first-order chi connectivity index (χ1) is 11.9. The lowest BCUT2D eigenvalue weighted by atomic mass is 10.1. The van der Waals surface area contributed by atoms with Gasteiger partial charge in [-0.2, -0.15) is 4.68 Å². The highest BCUT2D eigenvalue weighted by atomic mass is 15.6. The molecule has 1 fully saturated rings. The van der Waals surface area contributed by atoms with E-state index in [2.05, 4.69) is 43.1 Å². The van der Waals surface area contributed by atoms with Crippen LogP contribution in [-0.2, 0) is 6.42 Å². The summed E-state index contributed by atoms with van der Waals surface area (Å²) in [5.74, 6) is 1.95.